The number of benzene rings is 2. The molecule has 7 nitrogen and oxygen atoms in total. The summed E-state index contributed by atoms with van der Waals surface area (Å²) in [5.74, 6) is 2.88. The van der Waals surface area contributed by atoms with E-state index in [2.05, 4.69) is 31.3 Å². The number of nitrogens with one attached hydrogen (secondary N) is 1. The maximum Gasteiger partial charge on any atom is 0.223 e. The van der Waals surface area contributed by atoms with Gasteiger partial charge in [0.25, 0.3) is 0 Å². The van der Waals surface area contributed by atoms with Crippen LogP contribution in [0.3, 0.4) is 0 Å². The molecule has 0 aliphatic carbocycles. The van der Waals surface area contributed by atoms with Crippen LogP contribution in [0.25, 0.3) is 0 Å². The zero-order valence-electron chi connectivity index (χ0n) is 27.9. The molecule has 4 rings (SSSR count). The molecule has 0 saturated carbocycles. The van der Waals surface area contributed by atoms with Gasteiger partial charge in [0.05, 0.1) is 26.4 Å². The lowest BCUT2D eigenvalue weighted by atomic mass is 9.94. The van der Waals surface area contributed by atoms with Gasteiger partial charge in [0, 0.05) is 37.0 Å². The van der Waals surface area contributed by atoms with E-state index >= 15 is 0 Å². The molecule has 2 saturated heterocycles. The smallest absolute Gasteiger partial charge is 0.223 e. The van der Waals surface area contributed by atoms with Crippen molar-refractivity contribution in [3.8, 4) is 11.5 Å². The number of Topliss-reactive ketones (excluding diaryl/α,β-unsaturated/α-hetero) is 1. The Morgan fingerprint density at radius 3 is 2.22 bits per heavy atom. The number of hydrogen-bond donors (Lipinski definition) is 1. The first-order valence-electron chi connectivity index (χ1n) is 16.6. The summed E-state index contributed by atoms with van der Waals surface area (Å²) in [5.41, 5.74) is 1.21. The number of ether oxygens (including phenoxy) is 4. The predicted octanol–water partition coefficient (Wildman–Crippen LogP) is 7.80. The number of amides is 1. The normalized spacial score (nSPS) is 19.6. The van der Waals surface area contributed by atoms with Crippen LogP contribution < -0.4 is 20.1 Å². The van der Waals surface area contributed by atoms with Gasteiger partial charge in [-0.05, 0) is 88.2 Å². The van der Waals surface area contributed by atoms with Crippen molar-refractivity contribution >= 4 is 35.5 Å². The summed E-state index contributed by atoms with van der Waals surface area (Å²) in [5, 5.41) is 4.53. The van der Waals surface area contributed by atoms with Gasteiger partial charge >= 0.3 is 0 Å². The van der Waals surface area contributed by atoms with Crippen LogP contribution in [0.4, 0.5) is 0 Å². The third-order valence-corrected chi connectivity index (χ3v) is 14.0. The maximum absolute atomic E-state index is 13.3. The summed E-state index contributed by atoms with van der Waals surface area (Å²) in [4.78, 5) is 24.0. The van der Waals surface area contributed by atoms with Gasteiger partial charge in [-0.25, -0.2) is 0 Å². The van der Waals surface area contributed by atoms with Gasteiger partial charge in [0.1, 0.15) is 0 Å². The van der Waals surface area contributed by atoms with E-state index in [-0.39, 0.29) is 23.7 Å². The molecule has 5 unspecified atom stereocenters. The van der Waals surface area contributed by atoms with Crippen molar-refractivity contribution in [3.63, 3.8) is 0 Å². The van der Waals surface area contributed by atoms with Gasteiger partial charge in [0.15, 0.2) is 17.3 Å². The highest BCUT2D eigenvalue weighted by Gasteiger charge is 2.31. The highest BCUT2D eigenvalue weighted by molar-refractivity contribution is 8.58. The van der Waals surface area contributed by atoms with E-state index < -0.39 is 7.12 Å². The minimum atomic E-state index is -0.569. The molecule has 2 aromatic rings. The number of hydrogen-bond acceptors (Lipinski definition) is 7. The molecule has 2 aliphatic heterocycles. The Hall–Kier alpha value is -2.12. The maximum atomic E-state index is 13.3. The number of carbonyl (C=O) groups is 2. The Morgan fingerprint density at radius 1 is 0.978 bits per heavy atom. The van der Waals surface area contributed by atoms with Gasteiger partial charge in [-0.15, -0.1) is 11.4 Å². The third-order valence-electron chi connectivity index (χ3n) is 8.39. The predicted molar refractivity (Wildman–Crippen MR) is 188 cm³/mol. The Balaban J connectivity index is 0.000000525. The lowest BCUT2D eigenvalue weighted by molar-refractivity contribution is -0.126. The molecule has 250 valence electrons. The molecule has 0 spiro atoms. The largest absolute Gasteiger partial charge is 0.493 e. The summed E-state index contributed by atoms with van der Waals surface area (Å²) in [6.45, 7) is 8.36. The van der Waals surface area contributed by atoms with Crippen LogP contribution in [-0.2, 0) is 14.3 Å². The van der Waals surface area contributed by atoms with Gasteiger partial charge in [-0.1, -0.05) is 57.0 Å². The number of carbonyl (C=O) groups excluding carboxylic acids is 2. The van der Waals surface area contributed by atoms with Crippen LogP contribution in [-0.4, -0.2) is 69.3 Å². The molecule has 2 aromatic carbocycles. The molecule has 0 aromatic heterocycles. The number of unbranched alkanes of at least 4 members (excludes halogenated alkanes) is 1. The fraction of sp³-hybridized carbons (Fsp3) is 0.611. The molecule has 2 aliphatic rings. The fourth-order valence-corrected chi connectivity index (χ4v) is 11.4. The van der Waals surface area contributed by atoms with Gasteiger partial charge in [-0.2, -0.15) is 0 Å². The highest BCUT2D eigenvalue weighted by atomic mass is 32.7. The van der Waals surface area contributed by atoms with Crippen molar-refractivity contribution < 1.29 is 28.5 Å². The second kappa shape index (κ2) is 20.9. The molecule has 45 heavy (non-hydrogen) atoms. The van der Waals surface area contributed by atoms with E-state index in [4.69, 9.17) is 18.9 Å². The van der Waals surface area contributed by atoms with Crippen molar-refractivity contribution in [2.45, 2.75) is 96.4 Å². The first-order chi connectivity index (χ1) is 21.9. The summed E-state index contributed by atoms with van der Waals surface area (Å²) in [6, 6.07) is 15.6. The Labute approximate surface area is 276 Å². The summed E-state index contributed by atoms with van der Waals surface area (Å²) >= 11 is 2.04. The lowest BCUT2D eigenvalue weighted by Crippen LogP contribution is -2.37. The monoisotopic (exact) mass is 659 g/mol. The summed E-state index contributed by atoms with van der Waals surface area (Å²) < 4.78 is 22.8. The second-order valence-corrected chi connectivity index (χ2v) is 16.2. The standard InChI is InChI=1S/C28H46NO5PS.C8H8O/c1-5-7-10-21(28(30)29-19-22-11-8-15-33-22)17-24(6-2)35(36-20-23-12-9-16-34-23)25-13-14-26(31-3)27(18-25)32-4;1-7(9)8-5-3-2-4-6-8/h13-14,18,21-24H,5-12,15-17,19-20H2,1-4H3,(H,29,30);2-6H,1H3. The topological polar surface area (TPSA) is 83.1 Å². The Morgan fingerprint density at radius 2 is 1.67 bits per heavy atom. The van der Waals surface area contributed by atoms with E-state index in [0.29, 0.717) is 18.3 Å². The van der Waals surface area contributed by atoms with E-state index in [1.54, 1.807) is 21.1 Å². The lowest BCUT2D eigenvalue weighted by Gasteiger charge is -2.31. The number of rotatable bonds is 17. The second-order valence-electron chi connectivity index (χ2n) is 11.7. The number of ketones is 1. The van der Waals surface area contributed by atoms with Gasteiger partial charge in [0.2, 0.25) is 5.91 Å². The molecular formula is C36H54NO6PS. The van der Waals surface area contributed by atoms with E-state index in [1.807, 2.05) is 47.8 Å². The van der Waals surface area contributed by atoms with E-state index in [0.717, 1.165) is 93.8 Å². The van der Waals surface area contributed by atoms with Crippen molar-refractivity contribution in [3.05, 3.63) is 54.1 Å². The fourth-order valence-electron chi connectivity index (χ4n) is 5.69. The van der Waals surface area contributed by atoms with Crippen molar-refractivity contribution in [1.82, 2.24) is 5.32 Å². The van der Waals surface area contributed by atoms with Crippen molar-refractivity contribution in [2.75, 3.05) is 39.7 Å². The van der Waals surface area contributed by atoms with Crippen molar-refractivity contribution in [1.29, 1.82) is 0 Å². The Kier molecular flexibility index (Phi) is 17.3. The third kappa shape index (κ3) is 12.5. The van der Waals surface area contributed by atoms with Crippen LogP contribution in [0.2, 0.25) is 0 Å². The first-order valence-corrected chi connectivity index (χ1v) is 19.6. The average Bonchev–Trinajstić information content (AvgIpc) is 3.80. The molecule has 5 atom stereocenters. The van der Waals surface area contributed by atoms with Gasteiger partial charge in [-0.3, -0.25) is 9.59 Å². The zero-order valence-corrected chi connectivity index (χ0v) is 29.6. The van der Waals surface area contributed by atoms with Crippen LogP contribution in [0.5, 0.6) is 11.5 Å². The molecule has 1 amide bonds. The highest BCUT2D eigenvalue weighted by Crippen LogP contribution is 2.57. The molecule has 9 heteroatoms. The SMILES string of the molecule is CC(=O)c1ccccc1.CCCCC(CC(CC)P(SCC1CCCO1)c1ccc(OC)c(OC)c1)C(=O)NCC1CCCO1. The zero-order chi connectivity index (χ0) is 32.4. The minimum Gasteiger partial charge on any atom is -0.493 e. The molecular weight excluding hydrogens is 605 g/mol. The molecule has 2 fully saturated rings. The minimum absolute atomic E-state index is 0.0322. The molecule has 2 heterocycles. The van der Waals surface area contributed by atoms with Crippen LogP contribution in [0, 0.1) is 5.92 Å². The van der Waals surface area contributed by atoms with E-state index in [1.165, 1.54) is 5.30 Å². The average molecular weight is 660 g/mol. The summed E-state index contributed by atoms with van der Waals surface area (Å²) in [7, 11) is 2.80. The van der Waals surface area contributed by atoms with Crippen LogP contribution in [0.15, 0.2) is 48.5 Å². The molecule has 1 N–H and O–H groups in total. The van der Waals surface area contributed by atoms with Crippen molar-refractivity contribution in [2.24, 2.45) is 5.92 Å². The van der Waals surface area contributed by atoms with E-state index in [9.17, 15) is 9.59 Å². The quantitative estimate of drug-likeness (QED) is 0.137. The Bertz CT molecular complexity index is 1140. The van der Waals surface area contributed by atoms with Crippen LogP contribution >= 0.6 is 18.5 Å². The van der Waals surface area contributed by atoms with Crippen LogP contribution in [0.1, 0.15) is 88.9 Å². The summed E-state index contributed by atoms with van der Waals surface area (Å²) in [6.07, 6.45) is 10.0. The van der Waals surface area contributed by atoms with Gasteiger partial charge < -0.3 is 24.3 Å². The number of methoxy groups -OCH3 is 2. The molecule has 0 bridgehead atoms. The molecule has 0 radical (unpaired) electrons. The first kappa shape index (κ1) is 37.3.